The topological polar surface area (TPSA) is 143 Å². The Kier molecular flexibility index (Phi) is 8.35. The Morgan fingerprint density at radius 1 is 1.25 bits per heavy atom. The summed E-state index contributed by atoms with van der Waals surface area (Å²) < 4.78 is 30.5. The smallest absolute Gasteiger partial charge is 0.335 e. The minimum absolute atomic E-state index is 0.142. The molecule has 0 unspecified atom stereocenters. The fourth-order valence-corrected chi connectivity index (χ4v) is 5.89. The Morgan fingerprint density at radius 3 is 2.78 bits per heavy atom. The molecule has 13 heteroatoms. The molecule has 4 atom stereocenters. The van der Waals surface area contributed by atoms with Crippen molar-refractivity contribution in [1.82, 2.24) is 20.0 Å². The zero-order chi connectivity index (χ0) is 25.9. The molecule has 1 saturated carbocycles. The average Bonchev–Trinajstić information content (AvgIpc) is 3.46. The summed E-state index contributed by atoms with van der Waals surface area (Å²) in [7, 11) is -0.877. The van der Waals surface area contributed by atoms with Crippen molar-refractivity contribution in [2.45, 2.75) is 37.1 Å². The standard InChI is InChI=1S/C23H26ClN5O5S2/c1-25-21(13-4-3-5-15(24)6-13)14-7-20(35-11-14)22(31)17-10-27-12-28-23(17)29-16-8-18(30)19(9-16)34-36(32,33)26-2/h3-7,10-12,16,18-19,21,25-26,30H,8-9H2,1-2H3,(H,27,28,29)/t16-,18+,19-,21+/m1/s1. The monoisotopic (exact) mass is 551 g/mol. The van der Waals surface area contributed by atoms with Crippen LogP contribution in [0.2, 0.25) is 5.02 Å². The van der Waals surface area contributed by atoms with Crippen LogP contribution >= 0.6 is 22.9 Å². The number of rotatable bonds is 10. The normalized spacial score (nSPS) is 20.8. The molecular weight excluding hydrogens is 526 g/mol. The van der Waals surface area contributed by atoms with Gasteiger partial charge in [-0.15, -0.1) is 11.3 Å². The summed E-state index contributed by atoms with van der Waals surface area (Å²) in [5, 5.41) is 19.2. The highest BCUT2D eigenvalue weighted by Crippen LogP contribution is 2.31. The minimum atomic E-state index is -3.95. The third-order valence-corrected chi connectivity index (χ3v) is 8.10. The molecular formula is C23H26ClN5O5S2. The molecule has 1 aliphatic rings. The highest BCUT2D eigenvalue weighted by molar-refractivity contribution is 7.84. The number of carbonyl (C=O) groups is 1. The molecule has 0 aliphatic heterocycles. The van der Waals surface area contributed by atoms with E-state index in [-0.39, 0.29) is 36.3 Å². The van der Waals surface area contributed by atoms with Crippen molar-refractivity contribution in [3.8, 4) is 0 Å². The first kappa shape index (κ1) is 26.6. The Bertz CT molecular complexity index is 1340. The van der Waals surface area contributed by atoms with E-state index in [2.05, 4.69) is 25.3 Å². The first-order chi connectivity index (χ1) is 17.2. The number of ketones is 1. The second kappa shape index (κ2) is 11.3. The van der Waals surface area contributed by atoms with Crippen LogP contribution in [0.3, 0.4) is 0 Å². The Hall–Kier alpha value is -2.45. The van der Waals surface area contributed by atoms with Gasteiger partial charge in [-0.3, -0.25) is 8.98 Å². The molecule has 0 radical (unpaired) electrons. The lowest BCUT2D eigenvalue weighted by Gasteiger charge is -2.16. The first-order valence-corrected chi connectivity index (χ1v) is 13.8. The van der Waals surface area contributed by atoms with Crippen molar-refractivity contribution in [1.29, 1.82) is 0 Å². The van der Waals surface area contributed by atoms with Gasteiger partial charge in [0, 0.05) is 24.3 Å². The molecule has 0 bridgehead atoms. The zero-order valence-electron chi connectivity index (χ0n) is 19.5. The second-order valence-corrected chi connectivity index (χ2v) is 11.2. The number of nitrogens with zero attached hydrogens (tertiary/aromatic N) is 2. The van der Waals surface area contributed by atoms with Crippen LogP contribution in [0.5, 0.6) is 0 Å². The van der Waals surface area contributed by atoms with Gasteiger partial charge in [0.05, 0.1) is 22.6 Å². The average molecular weight is 552 g/mol. The van der Waals surface area contributed by atoms with Crippen LogP contribution in [0.1, 0.15) is 45.2 Å². The summed E-state index contributed by atoms with van der Waals surface area (Å²) >= 11 is 7.47. The minimum Gasteiger partial charge on any atom is -0.390 e. The maximum absolute atomic E-state index is 13.4. The molecule has 1 aromatic carbocycles. The zero-order valence-corrected chi connectivity index (χ0v) is 21.9. The van der Waals surface area contributed by atoms with Gasteiger partial charge in [-0.05, 0) is 54.6 Å². The molecule has 2 aromatic heterocycles. The molecule has 4 rings (SSSR count). The van der Waals surface area contributed by atoms with Crippen LogP contribution in [0, 0.1) is 0 Å². The molecule has 1 aliphatic carbocycles. The van der Waals surface area contributed by atoms with Crippen molar-refractivity contribution in [3.05, 3.63) is 74.8 Å². The Labute approximate surface area is 218 Å². The van der Waals surface area contributed by atoms with Crippen molar-refractivity contribution in [3.63, 3.8) is 0 Å². The van der Waals surface area contributed by atoms with Gasteiger partial charge in [0.2, 0.25) is 5.78 Å². The highest BCUT2D eigenvalue weighted by atomic mass is 35.5. The van der Waals surface area contributed by atoms with Gasteiger partial charge in [-0.1, -0.05) is 23.7 Å². The lowest BCUT2D eigenvalue weighted by Crippen LogP contribution is -2.31. The quantitative estimate of drug-likeness (QED) is 0.279. The molecule has 0 spiro atoms. The van der Waals surface area contributed by atoms with E-state index in [0.29, 0.717) is 15.7 Å². The van der Waals surface area contributed by atoms with Gasteiger partial charge in [-0.2, -0.15) is 13.1 Å². The van der Waals surface area contributed by atoms with E-state index in [0.717, 1.165) is 11.1 Å². The summed E-state index contributed by atoms with van der Waals surface area (Å²) in [5.74, 6) is 0.0543. The number of carbonyl (C=O) groups excluding carboxylic acids is 1. The summed E-state index contributed by atoms with van der Waals surface area (Å²) in [6.45, 7) is 0. The van der Waals surface area contributed by atoms with Crippen LogP contribution in [0.25, 0.3) is 0 Å². The van der Waals surface area contributed by atoms with Gasteiger partial charge >= 0.3 is 10.3 Å². The van der Waals surface area contributed by atoms with Gasteiger partial charge in [0.1, 0.15) is 18.2 Å². The maximum atomic E-state index is 13.4. The van der Waals surface area contributed by atoms with Crippen LogP contribution in [0.4, 0.5) is 5.82 Å². The highest BCUT2D eigenvalue weighted by Gasteiger charge is 2.37. The van der Waals surface area contributed by atoms with E-state index in [1.54, 1.807) is 0 Å². The lowest BCUT2D eigenvalue weighted by atomic mass is 10.0. The van der Waals surface area contributed by atoms with Gasteiger partial charge in [0.15, 0.2) is 0 Å². The van der Waals surface area contributed by atoms with Gasteiger partial charge < -0.3 is 15.7 Å². The second-order valence-electron chi connectivity index (χ2n) is 8.31. The van der Waals surface area contributed by atoms with Gasteiger partial charge in [-0.25, -0.2) is 9.97 Å². The predicted octanol–water partition coefficient (Wildman–Crippen LogP) is 2.52. The molecule has 192 valence electrons. The fraction of sp³-hybridized carbons (Fsp3) is 0.348. The third-order valence-electron chi connectivity index (χ3n) is 5.92. The summed E-state index contributed by atoms with van der Waals surface area (Å²) in [5.41, 5.74) is 2.17. The van der Waals surface area contributed by atoms with Crippen LogP contribution in [-0.4, -0.2) is 61.6 Å². The summed E-state index contributed by atoms with van der Waals surface area (Å²) in [6.07, 6.45) is 1.30. The van der Waals surface area contributed by atoms with Crippen molar-refractivity contribution >= 4 is 44.8 Å². The number of anilines is 1. The van der Waals surface area contributed by atoms with Gasteiger partial charge in [0.25, 0.3) is 0 Å². The number of benzene rings is 1. The number of hydrogen-bond donors (Lipinski definition) is 4. The number of nitrogens with one attached hydrogen (secondary N) is 3. The van der Waals surface area contributed by atoms with Crippen molar-refractivity contribution < 1.29 is 22.5 Å². The molecule has 2 heterocycles. The van der Waals surface area contributed by atoms with E-state index in [9.17, 15) is 18.3 Å². The Balaban J connectivity index is 1.51. The van der Waals surface area contributed by atoms with E-state index in [4.69, 9.17) is 15.8 Å². The number of halogens is 1. The van der Waals surface area contributed by atoms with E-state index in [1.807, 2.05) is 42.8 Å². The molecule has 0 amide bonds. The number of aliphatic hydroxyl groups is 1. The molecule has 0 saturated heterocycles. The van der Waals surface area contributed by atoms with Crippen LogP contribution < -0.4 is 15.4 Å². The maximum Gasteiger partial charge on any atom is 0.335 e. The number of hydrogen-bond acceptors (Lipinski definition) is 10. The van der Waals surface area contributed by atoms with E-state index in [1.165, 1.54) is 30.9 Å². The summed E-state index contributed by atoms with van der Waals surface area (Å²) in [4.78, 5) is 22.2. The summed E-state index contributed by atoms with van der Waals surface area (Å²) in [6, 6.07) is 8.87. The Morgan fingerprint density at radius 2 is 2.06 bits per heavy atom. The molecule has 36 heavy (non-hydrogen) atoms. The van der Waals surface area contributed by atoms with E-state index >= 15 is 0 Å². The lowest BCUT2D eigenvalue weighted by molar-refractivity contribution is 0.0636. The number of aliphatic hydroxyl groups excluding tert-OH is 1. The van der Waals surface area contributed by atoms with E-state index < -0.39 is 22.5 Å². The largest absolute Gasteiger partial charge is 0.390 e. The first-order valence-electron chi connectivity index (χ1n) is 11.1. The van der Waals surface area contributed by atoms with Crippen molar-refractivity contribution in [2.24, 2.45) is 0 Å². The molecule has 3 aromatic rings. The van der Waals surface area contributed by atoms with Crippen molar-refractivity contribution in [2.75, 3.05) is 19.4 Å². The SMILES string of the molecule is CN[C@@H](c1cccc(Cl)c1)c1csc(C(=O)c2cncnc2N[C@@H]2C[C@H](O)[C@H](OS(=O)(=O)NC)C2)c1. The molecule has 10 nitrogen and oxygen atoms in total. The third kappa shape index (κ3) is 6.09. The predicted molar refractivity (Wildman–Crippen MR) is 138 cm³/mol. The van der Waals surface area contributed by atoms with Crippen LogP contribution in [0.15, 0.2) is 48.2 Å². The fourth-order valence-electron chi connectivity index (χ4n) is 4.18. The number of thiophene rings is 1. The molecule has 4 N–H and O–H groups in total. The number of aromatic nitrogens is 2. The molecule has 1 fully saturated rings. The van der Waals surface area contributed by atoms with Crippen LogP contribution in [-0.2, 0) is 14.5 Å².